The summed E-state index contributed by atoms with van der Waals surface area (Å²) in [7, 11) is 0. The molecule has 6 heteroatoms. The van der Waals surface area contributed by atoms with E-state index in [1.165, 1.54) is 4.68 Å². The molecule has 0 atom stereocenters. The molecule has 0 unspecified atom stereocenters. The van der Waals surface area contributed by atoms with Crippen molar-refractivity contribution in [1.29, 1.82) is 0 Å². The number of hydrogen-bond acceptors (Lipinski definition) is 5. The summed E-state index contributed by atoms with van der Waals surface area (Å²) in [6.45, 7) is 17.8. The first-order chi connectivity index (χ1) is 18.7. The smallest absolute Gasteiger partial charge is 0.282 e. The molecule has 204 valence electrons. The number of ether oxygens (including phenoxy) is 2. The lowest BCUT2D eigenvalue weighted by Crippen LogP contribution is -2.21. The molecule has 0 bridgehead atoms. The largest absolute Gasteiger partial charge is 0.494 e. The molecule has 39 heavy (non-hydrogen) atoms. The van der Waals surface area contributed by atoms with Gasteiger partial charge in [-0.15, -0.1) is 0 Å². The van der Waals surface area contributed by atoms with Crippen LogP contribution in [0.2, 0.25) is 0 Å². The van der Waals surface area contributed by atoms with Crippen LogP contribution in [0.1, 0.15) is 81.2 Å². The van der Waals surface area contributed by atoms with Gasteiger partial charge in [0.1, 0.15) is 11.5 Å². The van der Waals surface area contributed by atoms with Crippen molar-refractivity contribution >= 4 is 17.1 Å². The summed E-state index contributed by atoms with van der Waals surface area (Å²) in [6.07, 6.45) is 1.76. The number of para-hydroxylation sites is 1. The summed E-state index contributed by atoms with van der Waals surface area (Å²) in [5.74, 6) is 2.76. The zero-order valence-corrected chi connectivity index (χ0v) is 24.3. The van der Waals surface area contributed by atoms with E-state index in [-0.39, 0.29) is 17.4 Å². The minimum Gasteiger partial charge on any atom is -0.494 e. The summed E-state index contributed by atoms with van der Waals surface area (Å²) in [4.78, 5) is 18.8. The van der Waals surface area contributed by atoms with E-state index in [1.807, 2.05) is 58.0 Å². The maximum absolute atomic E-state index is 13.8. The van der Waals surface area contributed by atoms with E-state index < -0.39 is 0 Å². The van der Waals surface area contributed by atoms with Crippen LogP contribution in [0.15, 0.2) is 58.4 Å². The van der Waals surface area contributed by atoms with Crippen LogP contribution in [0.25, 0.3) is 22.3 Å². The lowest BCUT2D eigenvalue weighted by atomic mass is 9.96. The molecule has 3 aromatic carbocycles. The van der Waals surface area contributed by atoms with Gasteiger partial charge in [0.2, 0.25) is 0 Å². The third-order valence-corrected chi connectivity index (χ3v) is 6.91. The topological polar surface area (TPSA) is 65.7 Å². The summed E-state index contributed by atoms with van der Waals surface area (Å²) in [5.41, 5.74) is 6.38. The molecule has 6 nitrogen and oxygen atoms in total. The first-order valence-electron chi connectivity index (χ1n) is 13.8. The van der Waals surface area contributed by atoms with Crippen LogP contribution in [0.3, 0.4) is 0 Å². The average Bonchev–Trinajstić information content (AvgIpc) is 2.89. The van der Waals surface area contributed by atoms with Crippen LogP contribution in [0.4, 0.5) is 0 Å². The third kappa shape index (κ3) is 5.75. The van der Waals surface area contributed by atoms with Gasteiger partial charge in [-0.05, 0) is 104 Å². The lowest BCUT2D eigenvalue weighted by molar-refractivity contribution is 0.335. The Morgan fingerprint density at radius 2 is 1.46 bits per heavy atom. The van der Waals surface area contributed by atoms with Crippen molar-refractivity contribution < 1.29 is 9.47 Å². The van der Waals surface area contributed by atoms with Crippen molar-refractivity contribution in [1.82, 2.24) is 9.66 Å². The molecule has 4 rings (SSSR count). The molecule has 4 aromatic rings. The van der Waals surface area contributed by atoms with E-state index in [4.69, 9.17) is 19.6 Å². The lowest BCUT2D eigenvalue weighted by Gasteiger charge is -2.18. The van der Waals surface area contributed by atoms with Gasteiger partial charge in [-0.3, -0.25) is 4.79 Å². The van der Waals surface area contributed by atoms with E-state index in [0.29, 0.717) is 29.9 Å². The molecule has 0 fully saturated rings. The zero-order chi connectivity index (χ0) is 28.3. The second kappa shape index (κ2) is 11.9. The molecular weight excluding hydrogens is 486 g/mol. The molecule has 0 spiro atoms. The second-order valence-electron chi connectivity index (χ2n) is 10.4. The first kappa shape index (κ1) is 28.1. The number of aryl methyl sites for hydroxylation is 2. The molecule has 0 aliphatic heterocycles. The van der Waals surface area contributed by atoms with Gasteiger partial charge in [0.05, 0.1) is 30.3 Å². The van der Waals surface area contributed by atoms with Gasteiger partial charge in [-0.1, -0.05) is 39.8 Å². The Bertz CT molecular complexity index is 1580. The Balaban J connectivity index is 1.96. The minimum atomic E-state index is -0.209. The first-order valence-corrected chi connectivity index (χ1v) is 13.8. The summed E-state index contributed by atoms with van der Waals surface area (Å²) in [5, 5.41) is 5.28. The fourth-order valence-electron chi connectivity index (χ4n) is 4.78. The number of fused-ring (bicyclic) bond motifs is 1. The normalized spacial score (nSPS) is 11.7. The van der Waals surface area contributed by atoms with Crippen LogP contribution in [-0.2, 0) is 0 Å². The number of rotatable bonds is 9. The Hall–Kier alpha value is -3.93. The predicted molar refractivity (Wildman–Crippen MR) is 161 cm³/mol. The number of benzene rings is 3. The summed E-state index contributed by atoms with van der Waals surface area (Å²) < 4.78 is 13.3. The Morgan fingerprint density at radius 1 is 0.872 bits per heavy atom. The molecule has 0 N–H and O–H groups in total. The quantitative estimate of drug-likeness (QED) is 0.211. The molecule has 0 saturated heterocycles. The highest BCUT2D eigenvalue weighted by molar-refractivity contribution is 5.84. The van der Waals surface area contributed by atoms with Crippen LogP contribution in [0.5, 0.6) is 11.5 Å². The maximum atomic E-state index is 13.8. The van der Waals surface area contributed by atoms with Gasteiger partial charge >= 0.3 is 0 Å². The van der Waals surface area contributed by atoms with Crippen LogP contribution >= 0.6 is 0 Å². The highest BCUT2D eigenvalue weighted by Gasteiger charge is 2.19. The molecule has 0 saturated carbocycles. The Kier molecular flexibility index (Phi) is 8.54. The maximum Gasteiger partial charge on any atom is 0.282 e. The summed E-state index contributed by atoms with van der Waals surface area (Å²) in [6, 6.07) is 15.7. The van der Waals surface area contributed by atoms with Crippen LogP contribution in [-0.4, -0.2) is 29.1 Å². The van der Waals surface area contributed by atoms with Crippen molar-refractivity contribution in [3.05, 3.63) is 86.7 Å². The number of hydrogen-bond donors (Lipinski definition) is 0. The Morgan fingerprint density at radius 3 is 2.08 bits per heavy atom. The molecule has 1 heterocycles. The van der Waals surface area contributed by atoms with Crippen molar-refractivity contribution in [2.45, 2.75) is 67.2 Å². The number of aromatic nitrogens is 2. The van der Waals surface area contributed by atoms with E-state index in [1.54, 1.807) is 12.3 Å². The minimum absolute atomic E-state index is 0.209. The average molecular weight is 526 g/mol. The monoisotopic (exact) mass is 525 g/mol. The highest BCUT2D eigenvalue weighted by atomic mass is 16.5. The molecule has 1 aromatic heterocycles. The molecule has 0 radical (unpaired) electrons. The van der Waals surface area contributed by atoms with Crippen molar-refractivity contribution in [3.8, 4) is 22.9 Å². The Labute approximate surface area is 231 Å². The van der Waals surface area contributed by atoms with E-state index in [9.17, 15) is 4.79 Å². The van der Waals surface area contributed by atoms with Gasteiger partial charge in [-0.2, -0.15) is 9.78 Å². The second-order valence-corrected chi connectivity index (χ2v) is 10.4. The van der Waals surface area contributed by atoms with Crippen molar-refractivity contribution in [2.24, 2.45) is 5.10 Å². The van der Waals surface area contributed by atoms with Gasteiger partial charge in [0.25, 0.3) is 5.56 Å². The standard InChI is InChI=1S/C33H39N3O3/c1-9-38-30-15-22(7)24(17-26(30)20(3)4)19-34-36-32(35-29-14-12-11-13-25(29)33(36)37)28-18-27(21(5)6)31(39-10-2)16-23(28)8/h11-21H,9-10H2,1-8H3. The highest BCUT2D eigenvalue weighted by Crippen LogP contribution is 2.34. The van der Waals surface area contributed by atoms with Crippen molar-refractivity contribution in [3.63, 3.8) is 0 Å². The van der Waals surface area contributed by atoms with Crippen LogP contribution in [0, 0.1) is 13.8 Å². The molecular formula is C33H39N3O3. The van der Waals surface area contributed by atoms with E-state index in [0.717, 1.165) is 44.9 Å². The molecule has 0 amide bonds. The van der Waals surface area contributed by atoms with Crippen LogP contribution < -0.4 is 15.0 Å². The molecule has 0 aliphatic carbocycles. The van der Waals surface area contributed by atoms with Gasteiger partial charge in [-0.25, -0.2) is 4.98 Å². The predicted octanol–water partition coefficient (Wildman–Crippen LogP) is 7.61. The van der Waals surface area contributed by atoms with Gasteiger partial charge in [0.15, 0.2) is 5.82 Å². The van der Waals surface area contributed by atoms with Gasteiger partial charge < -0.3 is 9.47 Å². The van der Waals surface area contributed by atoms with E-state index >= 15 is 0 Å². The zero-order valence-electron chi connectivity index (χ0n) is 24.3. The van der Waals surface area contributed by atoms with E-state index in [2.05, 4.69) is 39.8 Å². The summed E-state index contributed by atoms with van der Waals surface area (Å²) >= 11 is 0. The van der Waals surface area contributed by atoms with Crippen molar-refractivity contribution in [2.75, 3.05) is 13.2 Å². The SMILES string of the molecule is CCOc1cc(C)c(C=Nn2c(-c3cc(C(C)C)c(OCC)cc3C)nc3ccccc3c2=O)cc1C(C)C. The van der Waals surface area contributed by atoms with Gasteiger partial charge in [0, 0.05) is 5.56 Å². The number of nitrogens with zero attached hydrogens (tertiary/aromatic N) is 3. The fourth-order valence-corrected chi connectivity index (χ4v) is 4.78. The molecule has 0 aliphatic rings. The third-order valence-electron chi connectivity index (χ3n) is 6.91. The fraction of sp³-hybridized carbons (Fsp3) is 0.364.